The lowest BCUT2D eigenvalue weighted by Crippen LogP contribution is -3.15. The van der Waals surface area contributed by atoms with E-state index in [9.17, 15) is 9.59 Å². The molecule has 21 heavy (non-hydrogen) atoms. The van der Waals surface area contributed by atoms with Gasteiger partial charge >= 0.3 is 6.03 Å². The molecule has 1 aromatic rings. The summed E-state index contributed by atoms with van der Waals surface area (Å²) in [6.07, 6.45) is 0. The number of benzene rings is 1. The maximum absolute atomic E-state index is 12.7. The van der Waals surface area contributed by atoms with Crippen molar-refractivity contribution in [2.24, 2.45) is 0 Å². The highest BCUT2D eigenvalue weighted by Gasteiger charge is 2.50. The predicted molar refractivity (Wildman–Crippen MR) is 75.6 cm³/mol. The molecular formula is C15H20N3O3+. The van der Waals surface area contributed by atoms with Crippen LogP contribution >= 0.6 is 0 Å². The smallest absolute Gasteiger partial charge is 0.329 e. The van der Waals surface area contributed by atoms with E-state index in [1.165, 1.54) is 9.80 Å². The van der Waals surface area contributed by atoms with Crippen molar-refractivity contribution in [3.63, 3.8) is 0 Å². The predicted octanol–water partition coefficient (Wildman–Crippen LogP) is -0.674. The molecule has 3 amide bonds. The van der Waals surface area contributed by atoms with Crippen LogP contribution in [0.1, 0.15) is 12.5 Å². The van der Waals surface area contributed by atoms with Crippen LogP contribution in [-0.2, 0) is 15.1 Å². The topological polar surface area (TPSA) is 63.1 Å². The molecule has 0 aliphatic carbocycles. The van der Waals surface area contributed by atoms with Crippen LogP contribution in [0.25, 0.3) is 0 Å². The average molecular weight is 290 g/mol. The lowest BCUT2D eigenvalue weighted by atomic mass is 9.92. The molecule has 0 bridgehead atoms. The van der Waals surface area contributed by atoms with E-state index in [1.54, 1.807) is 6.92 Å². The van der Waals surface area contributed by atoms with Crippen LogP contribution in [0.4, 0.5) is 4.79 Å². The van der Waals surface area contributed by atoms with E-state index < -0.39 is 5.54 Å². The first-order valence-electron chi connectivity index (χ1n) is 7.22. The fraction of sp³-hybridized carbons (Fsp3) is 0.467. The summed E-state index contributed by atoms with van der Waals surface area (Å²) in [5, 5.41) is 2.83. The van der Waals surface area contributed by atoms with Gasteiger partial charge in [0.15, 0.2) is 6.67 Å². The molecule has 0 unspecified atom stereocenters. The molecule has 2 heterocycles. The van der Waals surface area contributed by atoms with Gasteiger partial charge in [-0.25, -0.2) is 9.69 Å². The summed E-state index contributed by atoms with van der Waals surface area (Å²) in [6, 6.07) is 9.05. The first-order chi connectivity index (χ1) is 10.1. The molecule has 2 aliphatic rings. The van der Waals surface area contributed by atoms with Gasteiger partial charge in [-0.15, -0.1) is 0 Å². The molecule has 2 saturated heterocycles. The number of hydrogen-bond acceptors (Lipinski definition) is 3. The minimum absolute atomic E-state index is 0.183. The van der Waals surface area contributed by atoms with Crippen molar-refractivity contribution in [3.8, 4) is 0 Å². The Kier molecular flexibility index (Phi) is 3.65. The van der Waals surface area contributed by atoms with Gasteiger partial charge in [-0.1, -0.05) is 30.3 Å². The fourth-order valence-electron chi connectivity index (χ4n) is 2.85. The molecule has 112 valence electrons. The summed E-state index contributed by atoms with van der Waals surface area (Å²) < 4.78 is 5.30. The van der Waals surface area contributed by atoms with Gasteiger partial charge in [0.1, 0.15) is 18.6 Å². The van der Waals surface area contributed by atoms with Crippen molar-refractivity contribution in [3.05, 3.63) is 35.9 Å². The van der Waals surface area contributed by atoms with Gasteiger partial charge in [0.2, 0.25) is 0 Å². The molecule has 0 saturated carbocycles. The Bertz CT molecular complexity index is 542. The first-order valence-corrected chi connectivity index (χ1v) is 7.22. The van der Waals surface area contributed by atoms with E-state index in [1.807, 2.05) is 30.3 Å². The lowest BCUT2D eigenvalue weighted by Gasteiger charge is -2.27. The summed E-state index contributed by atoms with van der Waals surface area (Å²) in [6.45, 7) is 5.15. The minimum atomic E-state index is -0.968. The van der Waals surface area contributed by atoms with Crippen molar-refractivity contribution in [1.29, 1.82) is 0 Å². The largest absolute Gasteiger partial charge is 0.370 e. The molecule has 2 N–H and O–H groups in total. The Labute approximate surface area is 123 Å². The van der Waals surface area contributed by atoms with Crippen LogP contribution in [-0.4, -0.2) is 49.8 Å². The Hall–Kier alpha value is -1.92. The number of urea groups is 1. The third-order valence-electron chi connectivity index (χ3n) is 4.21. The van der Waals surface area contributed by atoms with E-state index in [0.29, 0.717) is 19.9 Å². The zero-order valence-electron chi connectivity index (χ0n) is 12.1. The van der Waals surface area contributed by atoms with E-state index in [2.05, 4.69) is 5.32 Å². The highest BCUT2D eigenvalue weighted by molar-refractivity contribution is 6.07. The Morgan fingerprint density at radius 3 is 2.57 bits per heavy atom. The molecule has 0 radical (unpaired) electrons. The van der Waals surface area contributed by atoms with Crippen molar-refractivity contribution in [2.45, 2.75) is 12.5 Å². The van der Waals surface area contributed by atoms with Gasteiger partial charge in [0.05, 0.1) is 13.2 Å². The second-order valence-corrected chi connectivity index (χ2v) is 5.67. The standard InChI is InChI=1S/C15H19N3O3/c1-15(12-5-3-2-4-6-12)13(19)18(14(20)16-15)11-17-7-9-21-10-8-17/h2-6H,7-11H2,1H3,(H,16,20)/p+1/t15-/m0/s1. The summed E-state index contributed by atoms with van der Waals surface area (Å²) in [5.74, 6) is -0.183. The molecule has 1 aromatic carbocycles. The molecule has 6 nitrogen and oxygen atoms in total. The van der Waals surface area contributed by atoms with E-state index >= 15 is 0 Å². The normalized spacial score (nSPS) is 27.0. The summed E-state index contributed by atoms with van der Waals surface area (Å²) in [5.41, 5.74) is -0.160. The number of nitrogens with zero attached hydrogens (tertiary/aromatic N) is 1. The molecule has 2 aliphatic heterocycles. The molecule has 0 spiro atoms. The second kappa shape index (κ2) is 5.46. The number of quaternary nitrogens is 1. The summed E-state index contributed by atoms with van der Waals surface area (Å²) in [4.78, 5) is 27.4. The molecular weight excluding hydrogens is 270 g/mol. The maximum atomic E-state index is 12.7. The number of carbonyl (C=O) groups is 2. The van der Waals surface area contributed by atoms with Crippen LogP contribution in [0, 0.1) is 0 Å². The number of rotatable bonds is 3. The Balaban J connectivity index is 1.78. The van der Waals surface area contributed by atoms with Crippen molar-refractivity contribution < 1.29 is 19.2 Å². The third-order valence-corrected chi connectivity index (χ3v) is 4.21. The summed E-state index contributed by atoms with van der Waals surface area (Å²) >= 11 is 0. The number of morpholine rings is 1. The second-order valence-electron chi connectivity index (χ2n) is 5.67. The summed E-state index contributed by atoms with van der Waals surface area (Å²) in [7, 11) is 0. The van der Waals surface area contributed by atoms with E-state index in [4.69, 9.17) is 4.74 Å². The first kappa shape index (κ1) is 14.0. The SMILES string of the molecule is C[C@@]1(c2ccccc2)NC(=O)N(C[NH+]2CCOCC2)C1=O. The monoisotopic (exact) mass is 290 g/mol. The number of ether oxygens (including phenoxy) is 1. The molecule has 1 atom stereocenters. The lowest BCUT2D eigenvalue weighted by molar-refractivity contribution is -0.915. The van der Waals surface area contributed by atoms with Gasteiger partial charge in [0, 0.05) is 0 Å². The van der Waals surface area contributed by atoms with E-state index in [-0.39, 0.29) is 11.9 Å². The zero-order valence-corrected chi connectivity index (χ0v) is 12.1. The highest BCUT2D eigenvalue weighted by atomic mass is 16.5. The van der Waals surface area contributed by atoms with Crippen molar-refractivity contribution >= 4 is 11.9 Å². The van der Waals surface area contributed by atoms with Crippen molar-refractivity contribution in [2.75, 3.05) is 33.0 Å². The Morgan fingerprint density at radius 1 is 1.24 bits per heavy atom. The van der Waals surface area contributed by atoms with Gasteiger partial charge in [-0.3, -0.25) is 4.79 Å². The zero-order chi connectivity index (χ0) is 14.9. The molecule has 6 heteroatoms. The molecule has 0 aromatic heterocycles. The van der Waals surface area contributed by atoms with E-state index in [0.717, 1.165) is 18.7 Å². The van der Waals surface area contributed by atoms with Crippen LogP contribution < -0.4 is 10.2 Å². The number of hydrogen-bond donors (Lipinski definition) is 2. The van der Waals surface area contributed by atoms with Crippen molar-refractivity contribution in [1.82, 2.24) is 10.2 Å². The number of imide groups is 1. The van der Waals surface area contributed by atoms with Gasteiger partial charge in [0.25, 0.3) is 5.91 Å². The van der Waals surface area contributed by atoms with Gasteiger partial charge in [-0.2, -0.15) is 0 Å². The number of amides is 3. The number of carbonyl (C=O) groups excluding carboxylic acids is 2. The fourth-order valence-corrected chi connectivity index (χ4v) is 2.85. The molecule has 2 fully saturated rings. The average Bonchev–Trinajstić information content (AvgIpc) is 2.74. The quantitative estimate of drug-likeness (QED) is 0.726. The molecule has 3 rings (SSSR count). The van der Waals surface area contributed by atoms with Crippen LogP contribution in [0.3, 0.4) is 0 Å². The van der Waals surface area contributed by atoms with Gasteiger partial charge in [-0.05, 0) is 12.5 Å². The number of nitrogens with one attached hydrogen (secondary N) is 2. The Morgan fingerprint density at radius 2 is 1.90 bits per heavy atom. The third kappa shape index (κ3) is 2.52. The maximum Gasteiger partial charge on any atom is 0.329 e. The highest BCUT2D eigenvalue weighted by Crippen LogP contribution is 2.27. The van der Waals surface area contributed by atoms with Crippen LogP contribution in [0.15, 0.2) is 30.3 Å². The minimum Gasteiger partial charge on any atom is -0.370 e. The van der Waals surface area contributed by atoms with Gasteiger partial charge < -0.3 is 15.0 Å². The van der Waals surface area contributed by atoms with Crippen LogP contribution in [0.2, 0.25) is 0 Å². The van der Waals surface area contributed by atoms with Crippen LogP contribution in [0.5, 0.6) is 0 Å².